The van der Waals surface area contributed by atoms with E-state index in [1.54, 1.807) is 16.2 Å². The van der Waals surface area contributed by atoms with Gasteiger partial charge in [0.05, 0.1) is 5.92 Å². The fourth-order valence-corrected chi connectivity index (χ4v) is 3.72. The molecule has 2 N–H and O–H groups in total. The van der Waals surface area contributed by atoms with Crippen molar-refractivity contribution in [3.05, 3.63) is 21.9 Å². The van der Waals surface area contributed by atoms with Crippen molar-refractivity contribution in [3.8, 4) is 0 Å². The van der Waals surface area contributed by atoms with Gasteiger partial charge < -0.3 is 15.3 Å². The van der Waals surface area contributed by atoms with Crippen LogP contribution in [0.4, 0.5) is 0 Å². The molecule has 1 aliphatic heterocycles. The molecule has 0 radical (unpaired) electrons. The third kappa shape index (κ3) is 5.06. The van der Waals surface area contributed by atoms with Crippen LogP contribution in [0.15, 0.2) is 11.4 Å². The van der Waals surface area contributed by atoms with Crippen LogP contribution >= 0.6 is 11.3 Å². The first kappa shape index (κ1) is 18.4. The predicted octanol–water partition coefficient (Wildman–Crippen LogP) is 2.03. The zero-order valence-corrected chi connectivity index (χ0v) is 14.7. The SMILES string of the molecule is CCCC(CNC(=O)CCC(=O)N1CCc2sccc2C1)C(=O)O. The summed E-state index contributed by atoms with van der Waals surface area (Å²) < 4.78 is 0. The molecule has 0 spiro atoms. The smallest absolute Gasteiger partial charge is 0.308 e. The highest BCUT2D eigenvalue weighted by atomic mass is 32.1. The summed E-state index contributed by atoms with van der Waals surface area (Å²) in [6, 6.07) is 2.05. The Labute approximate surface area is 145 Å². The highest BCUT2D eigenvalue weighted by Gasteiger charge is 2.22. The van der Waals surface area contributed by atoms with E-state index in [-0.39, 0.29) is 31.2 Å². The average Bonchev–Trinajstić information content (AvgIpc) is 3.03. The molecule has 132 valence electrons. The molecule has 0 fully saturated rings. The van der Waals surface area contributed by atoms with Crippen LogP contribution in [0, 0.1) is 5.92 Å². The molecule has 1 atom stereocenters. The van der Waals surface area contributed by atoms with Gasteiger partial charge in [0, 0.05) is 37.4 Å². The van der Waals surface area contributed by atoms with E-state index in [2.05, 4.69) is 5.32 Å². The zero-order chi connectivity index (χ0) is 17.5. The number of hydrogen-bond acceptors (Lipinski definition) is 4. The number of nitrogens with one attached hydrogen (secondary N) is 1. The third-order valence-corrected chi connectivity index (χ3v) is 5.28. The van der Waals surface area contributed by atoms with Crippen molar-refractivity contribution in [1.29, 1.82) is 0 Å². The lowest BCUT2D eigenvalue weighted by molar-refractivity contribution is -0.142. The molecule has 0 saturated carbocycles. The van der Waals surface area contributed by atoms with E-state index in [1.807, 2.05) is 18.4 Å². The number of aliphatic carboxylic acids is 1. The minimum absolute atomic E-state index is 0.0228. The molecule has 1 aromatic rings. The maximum atomic E-state index is 12.2. The van der Waals surface area contributed by atoms with Gasteiger partial charge in [-0.2, -0.15) is 0 Å². The van der Waals surface area contributed by atoms with Crippen molar-refractivity contribution in [2.24, 2.45) is 5.92 Å². The van der Waals surface area contributed by atoms with Gasteiger partial charge in [0.25, 0.3) is 0 Å². The maximum Gasteiger partial charge on any atom is 0.308 e. The monoisotopic (exact) mass is 352 g/mol. The highest BCUT2D eigenvalue weighted by Crippen LogP contribution is 2.24. The molecule has 0 bridgehead atoms. The van der Waals surface area contributed by atoms with Crippen molar-refractivity contribution in [3.63, 3.8) is 0 Å². The molecule has 0 saturated heterocycles. The molecule has 0 aromatic carbocycles. The van der Waals surface area contributed by atoms with E-state index in [4.69, 9.17) is 5.11 Å². The molecule has 6 nitrogen and oxygen atoms in total. The predicted molar refractivity (Wildman–Crippen MR) is 91.7 cm³/mol. The fourth-order valence-electron chi connectivity index (χ4n) is 2.83. The molecule has 1 aromatic heterocycles. The van der Waals surface area contributed by atoms with E-state index < -0.39 is 11.9 Å². The number of rotatable bonds is 8. The van der Waals surface area contributed by atoms with E-state index in [9.17, 15) is 14.4 Å². The minimum Gasteiger partial charge on any atom is -0.481 e. The van der Waals surface area contributed by atoms with Gasteiger partial charge in [-0.25, -0.2) is 0 Å². The second-order valence-electron chi connectivity index (χ2n) is 6.06. The van der Waals surface area contributed by atoms with E-state index in [0.717, 1.165) is 12.8 Å². The minimum atomic E-state index is -0.895. The summed E-state index contributed by atoms with van der Waals surface area (Å²) in [7, 11) is 0. The molecule has 0 aliphatic carbocycles. The Morgan fingerprint density at radius 1 is 1.38 bits per heavy atom. The van der Waals surface area contributed by atoms with Crippen LogP contribution in [-0.2, 0) is 27.3 Å². The first-order valence-electron chi connectivity index (χ1n) is 8.33. The van der Waals surface area contributed by atoms with Crippen LogP contribution in [0.5, 0.6) is 0 Å². The van der Waals surface area contributed by atoms with Gasteiger partial charge in [0.15, 0.2) is 0 Å². The summed E-state index contributed by atoms with van der Waals surface area (Å²) in [6.45, 7) is 3.36. The molecule has 7 heteroatoms. The van der Waals surface area contributed by atoms with Crippen LogP contribution in [0.2, 0.25) is 0 Å². The maximum absolute atomic E-state index is 12.2. The summed E-state index contributed by atoms with van der Waals surface area (Å²) in [5.41, 5.74) is 1.20. The van der Waals surface area contributed by atoms with Crippen LogP contribution in [0.3, 0.4) is 0 Å². The standard InChI is InChI=1S/C17H24N2O4S/c1-2-3-12(17(22)23)10-18-15(20)4-5-16(21)19-8-6-14-13(11-19)7-9-24-14/h7,9,12H,2-6,8,10-11H2,1H3,(H,18,20)(H,22,23). The molecule has 1 aliphatic rings. The summed E-state index contributed by atoms with van der Waals surface area (Å²) in [4.78, 5) is 38.3. The Bertz CT molecular complexity index is 599. The lowest BCUT2D eigenvalue weighted by Gasteiger charge is -2.27. The van der Waals surface area contributed by atoms with Gasteiger partial charge in [-0.15, -0.1) is 11.3 Å². The number of carbonyl (C=O) groups excluding carboxylic acids is 2. The molecule has 2 rings (SSSR count). The largest absolute Gasteiger partial charge is 0.481 e. The van der Waals surface area contributed by atoms with Gasteiger partial charge in [-0.3, -0.25) is 14.4 Å². The van der Waals surface area contributed by atoms with Crippen molar-refractivity contribution < 1.29 is 19.5 Å². The lowest BCUT2D eigenvalue weighted by Crippen LogP contribution is -2.37. The Morgan fingerprint density at radius 3 is 2.88 bits per heavy atom. The molecular weight excluding hydrogens is 328 g/mol. The summed E-state index contributed by atoms with van der Waals surface area (Å²) in [5, 5.41) is 13.7. The number of fused-ring (bicyclic) bond motifs is 1. The Kier molecular flexibility index (Phi) is 6.78. The van der Waals surface area contributed by atoms with Crippen molar-refractivity contribution in [2.75, 3.05) is 13.1 Å². The second kappa shape index (κ2) is 8.82. The number of nitrogens with zero attached hydrogens (tertiary/aromatic N) is 1. The van der Waals surface area contributed by atoms with E-state index in [0.29, 0.717) is 19.5 Å². The van der Waals surface area contributed by atoms with Crippen LogP contribution in [0.25, 0.3) is 0 Å². The van der Waals surface area contributed by atoms with Gasteiger partial charge in [-0.1, -0.05) is 13.3 Å². The van der Waals surface area contributed by atoms with Crippen LogP contribution < -0.4 is 5.32 Å². The fraction of sp³-hybridized carbons (Fsp3) is 0.588. The quantitative estimate of drug-likeness (QED) is 0.749. The van der Waals surface area contributed by atoms with Crippen LogP contribution in [0.1, 0.15) is 43.0 Å². The number of carboxylic acids is 1. The number of amides is 2. The van der Waals surface area contributed by atoms with Gasteiger partial charge in [-0.05, 0) is 29.9 Å². The Morgan fingerprint density at radius 2 is 2.17 bits per heavy atom. The number of hydrogen-bond donors (Lipinski definition) is 2. The van der Waals surface area contributed by atoms with Gasteiger partial charge >= 0.3 is 5.97 Å². The number of carboxylic acid groups (broad SMARTS) is 1. The third-order valence-electron chi connectivity index (χ3n) is 4.26. The second-order valence-corrected chi connectivity index (χ2v) is 7.06. The van der Waals surface area contributed by atoms with E-state index in [1.165, 1.54) is 10.4 Å². The van der Waals surface area contributed by atoms with Crippen molar-refractivity contribution >= 4 is 29.1 Å². The van der Waals surface area contributed by atoms with Gasteiger partial charge in [0.1, 0.15) is 0 Å². The molecule has 1 unspecified atom stereocenters. The summed E-state index contributed by atoms with van der Waals surface area (Å²) >= 11 is 1.72. The molecule has 2 amide bonds. The molecular formula is C17H24N2O4S. The number of carbonyl (C=O) groups is 3. The first-order chi connectivity index (χ1) is 11.5. The summed E-state index contributed by atoms with van der Waals surface area (Å²) in [5.74, 6) is -1.74. The van der Waals surface area contributed by atoms with Crippen LogP contribution in [-0.4, -0.2) is 40.9 Å². The zero-order valence-electron chi connectivity index (χ0n) is 13.9. The van der Waals surface area contributed by atoms with Gasteiger partial charge in [0.2, 0.25) is 11.8 Å². The lowest BCUT2D eigenvalue weighted by atomic mass is 10.0. The first-order valence-corrected chi connectivity index (χ1v) is 9.21. The molecule has 24 heavy (non-hydrogen) atoms. The van der Waals surface area contributed by atoms with Crippen molar-refractivity contribution in [1.82, 2.24) is 10.2 Å². The molecule has 2 heterocycles. The average molecular weight is 352 g/mol. The van der Waals surface area contributed by atoms with Crippen molar-refractivity contribution in [2.45, 2.75) is 45.6 Å². The Balaban J connectivity index is 1.72. The Hall–Kier alpha value is -1.89. The van der Waals surface area contributed by atoms with E-state index >= 15 is 0 Å². The summed E-state index contributed by atoms with van der Waals surface area (Å²) in [6.07, 6.45) is 2.43. The number of thiophene rings is 1. The normalized spacial score (nSPS) is 14.8. The highest BCUT2D eigenvalue weighted by molar-refractivity contribution is 7.10. The topological polar surface area (TPSA) is 86.7 Å².